The fourth-order valence-corrected chi connectivity index (χ4v) is 2.48. The van der Waals surface area contributed by atoms with E-state index >= 15 is 0 Å². The summed E-state index contributed by atoms with van der Waals surface area (Å²) in [6.45, 7) is 0. The van der Waals surface area contributed by atoms with E-state index < -0.39 is 0 Å². The summed E-state index contributed by atoms with van der Waals surface area (Å²) in [5.41, 5.74) is 1.95. The van der Waals surface area contributed by atoms with Crippen LogP contribution < -0.4 is 4.74 Å². The van der Waals surface area contributed by atoms with E-state index in [0.29, 0.717) is 17.7 Å². The van der Waals surface area contributed by atoms with Crippen molar-refractivity contribution in [2.24, 2.45) is 0 Å². The van der Waals surface area contributed by atoms with Gasteiger partial charge in [-0.15, -0.1) is 10.2 Å². The van der Waals surface area contributed by atoms with Crippen LogP contribution in [0.3, 0.4) is 0 Å². The van der Waals surface area contributed by atoms with E-state index in [9.17, 15) is 0 Å². The summed E-state index contributed by atoms with van der Waals surface area (Å²) in [6, 6.07) is 3.86. The molecule has 0 N–H and O–H groups in total. The van der Waals surface area contributed by atoms with Gasteiger partial charge >= 0.3 is 0 Å². The molecule has 2 aromatic heterocycles. The zero-order valence-corrected chi connectivity index (χ0v) is 10.3. The Morgan fingerprint density at radius 2 is 2.11 bits per heavy atom. The highest BCUT2D eigenvalue weighted by atomic mass is 16.5. The Balaban J connectivity index is 2.01. The highest BCUT2D eigenvalue weighted by molar-refractivity contribution is 5.55. The van der Waals surface area contributed by atoms with Crippen LogP contribution in [0.5, 0.6) is 5.88 Å². The monoisotopic (exact) mass is 245 g/mol. The number of hydrogen-bond donors (Lipinski definition) is 0. The molecule has 1 aliphatic rings. The second-order valence-corrected chi connectivity index (χ2v) is 4.55. The largest absolute Gasteiger partial charge is 0.481 e. The van der Waals surface area contributed by atoms with Crippen molar-refractivity contribution >= 4 is 0 Å². The standard InChI is InChI=1S/C13H15N3O2/c1-17-12-7-10(13-16-14-8-18-13)6-11(15-12)9-4-2-3-5-9/h6-9H,2-5H2,1H3. The van der Waals surface area contributed by atoms with E-state index in [1.165, 1.54) is 32.1 Å². The maximum Gasteiger partial charge on any atom is 0.247 e. The van der Waals surface area contributed by atoms with Crippen LogP contribution in [0.4, 0.5) is 0 Å². The minimum absolute atomic E-state index is 0.509. The van der Waals surface area contributed by atoms with Crippen LogP contribution in [0.2, 0.25) is 0 Å². The molecule has 0 unspecified atom stereocenters. The lowest BCUT2D eigenvalue weighted by molar-refractivity contribution is 0.395. The Hall–Kier alpha value is -1.91. The third kappa shape index (κ3) is 2.08. The summed E-state index contributed by atoms with van der Waals surface area (Å²) in [5, 5.41) is 7.63. The molecular formula is C13H15N3O2. The summed E-state index contributed by atoms with van der Waals surface area (Å²) in [7, 11) is 1.62. The highest BCUT2D eigenvalue weighted by Crippen LogP contribution is 2.35. The Kier molecular flexibility index (Phi) is 2.96. The van der Waals surface area contributed by atoms with Crippen LogP contribution >= 0.6 is 0 Å². The van der Waals surface area contributed by atoms with Crippen LogP contribution in [0, 0.1) is 0 Å². The maximum absolute atomic E-state index is 5.25. The molecule has 3 rings (SSSR count). The topological polar surface area (TPSA) is 61.0 Å². The van der Waals surface area contributed by atoms with Gasteiger partial charge in [0.2, 0.25) is 18.2 Å². The van der Waals surface area contributed by atoms with Crippen molar-refractivity contribution in [2.75, 3.05) is 7.11 Å². The molecule has 5 nitrogen and oxygen atoms in total. The second-order valence-electron chi connectivity index (χ2n) is 4.55. The molecule has 5 heteroatoms. The Labute approximate surface area is 105 Å². The van der Waals surface area contributed by atoms with Crippen molar-refractivity contribution in [3.05, 3.63) is 24.2 Å². The van der Waals surface area contributed by atoms with Crippen molar-refractivity contribution in [3.8, 4) is 17.3 Å². The first-order chi connectivity index (χ1) is 8.86. The predicted octanol–water partition coefficient (Wildman–Crippen LogP) is 2.80. The van der Waals surface area contributed by atoms with Crippen molar-refractivity contribution in [2.45, 2.75) is 31.6 Å². The van der Waals surface area contributed by atoms with E-state index in [2.05, 4.69) is 15.2 Å². The number of ether oxygens (including phenoxy) is 1. The molecule has 18 heavy (non-hydrogen) atoms. The molecule has 0 bridgehead atoms. The summed E-state index contributed by atoms with van der Waals surface area (Å²) in [4.78, 5) is 4.53. The van der Waals surface area contributed by atoms with Crippen molar-refractivity contribution in [1.82, 2.24) is 15.2 Å². The summed E-state index contributed by atoms with van der Waals surface area (Å²) < 4.78 is 10.5. The molecule has 0 amide bonds. The number of rotatable bonds is 3. The quantitative estimate of drug-likeness (QED) is 0.832. The summed E-state index contributed by atoms with van der Waals surface area (Å²) in [5.74, 6) is 1.64. The first-order valence-corrected chi connectivity index (χ1v) is 6.19. The van der Waals surface area contributed by atoms with Gasteiger partial charge in [0.05, 0.1) is 7.11 Å². The first-order valence-electron chi connectivity index (χ1n) is 6.19. The van der Waals surface area contributed by atoms with Gasteiger partial charge < -0.3 is 9.15 Å². The Morgan fingerprint density at radius 1 is 1.28 bits per heavy atom. The lowest BCUT2D eigenvalue weighted by Gasteiger charge is -2.11. The van der Waals surface area contributed by atoms with Gasteiger partial charge in [0, 0.05) is 23.2 Å². The normalized spacial score (nSPS) is 16.1. The fourth-order valence-electron chi connectivity index (χ4n) is 2.48. The van der Waals surface area contributed by atoms with E-state index in [1.807, 2.05) is 12.1 Å². The van der Waals surface area contributed by atoms with Crippen molar-refractivity contribution in [3.63, 3.8) is 0 Å². The first kappa shape index (κ1) is 11.2. The average molecular weight is 245 g/mol. The van der Waals surface area contributed by atoms with Gasteiger partial charge in [-0.05, 0) is 18.9 Å². The minimum atomic E-state index is 0.509. The summed E-state index contributed by atoms with van der Waals surface area (Å²) >= 11 is 0. The van der Waals surface area contributed by atoms with Crippen LogP contribution in [0.1, 0.15) is 37.3 Å². The third-order valence-corrected chi connectivity index (χ3v) is 3.41. The number of nitrogens with zero attached hydrogens (tertiary/aromatic N) is 3. The van der Waals surface area contributed by atoms with Gasteiger partial charge in [-0.2, -0.15) is 0 Å². The van der Waals surface area contributed by atoms with Gasteiger partial charge in [-0.1, -0.05) is 12.8 Å². The van der Waals surface area contributed by atoms with E-state index in [1.54, 1.807) is 7.11 Å². The smallest absolute Gasteiger partial charge is 0.247 e. The third-order valence-electron chi connectivity index (χ3n) is 3.41. The van der Waals surface area contributed by atoms with Gasteiger partial charge in [0.1, 0.15) is 0 Å². The molecule has 1 aliphatic carbocycles. The summed E-state index contributed by atoms with van der Waals surface area (Å²) in [6.07, 6.45) is 6.28. The van der Waals surface area contributed by atoms with Crippen LogP contribution in [-0.2, 0) is 0 Å². The van der Waals surface area contributed by atoms with Gasteiger partial charge in [0.15, 0.2) is 0 Å². The lowest BCUT2D eigenvalue weighted by atomic mass is 10.0. The molecule has 2 aromatic rings. The average Bonchev–Trinajstić information content (AvgIpc) is 3.10. The van der Waals surface area contributed by atoms with Crippen LogP contribution in [0.25, 0.3) is 11.5 Å². The molecule has 2 heterocycles. The predicted molar refractivity (Wildman–Crippen MR) is 65.3 cm³/mol. The molecule has 0 atom stereocenters. The van der Waals surface area contributed by atoms with Gasteiger partial charge in [-0.25, -0.2) is 4.98 Å². The number of pyridine rings is 1. The molecular weight excluding hydrogens is 230 g/mol. The van der Waals surface area contributed by atoms with Crippen LogP contribution in [-0.4, -0.2) is 22.3 Å². The van der Waals surface area contributed by atoms with Gasteiger partial charge in [-0.3, -0.25) is 0 Å². The Bertz CT molecular complexity index is 519. The molecule has 0 spiro atoms. The van der Waals surface area contributed by atoms with E-state index in [4.69, 9.17) is 9.15 Å². The maximum atomic E-state index is 5.25. The van der Waals surface area contributed by atoms with E-state index in [0.717, 1.165) is 11.3 Å². The molecule has 1 fully saturated rings. The zero-order valence-electron chi connectivity index (χ0n) is 10.3. The molecule has 94 valence electrons. The number of aromatic nitrogens is 3. The molecule has 0 radical (unpaired) electrons. The molecule has 0 aromatic carbocycles. The van der Waals surface area contributed by atoms with Crippen LogP contribution in [0.15, 0.2) is 22.9 Å². The SMILES string of the molecule is COc1cc(-c2nnco2)cc(C2CCCC2)n1. The van der Waals surface area contributed by atoms with Crippen molar-refractivity contribution in [1.29, 1.82) is 0 Å². The number of methoxy groups -OCH3 is 1. The second kappa shape index (κ2) is 4.76. The lowest BCUT2D eigenvalue weighted by Crippen LogP contribution is -1.99. The zero-order chi connectivity index (χ0) is 12.4. The van der Waals surface area contributed by atoms with E-state index in [-0.39, 0.29) is 0 Å². The number of hydrogen-bond acceptors (Lipinski definition) is 5. The molecule has 1 saturated carbocycles. The molecule has 0 saturated heterocycles. The van der Waals surface area contributed by atoms with Gasteiger partial charge in [0.25, 0.3) is 0 Å². The highest BCUT2D eigenvalue weighted by Gasteiger charge is 2.20. The van der Waals surface area contributed by atoms with Crippen molar-refractivity contribution < 1.29 is 9.15 Å². The fraction of sp³-hybridized carbons (Fsp3) is 0.462. The molecule has 0 aliphatic heterocycles. The minimum Gasteiger partial charge on any atom is -0.481 e. The Morgan fingerprint density at radius 3 is 2.78 bits per heavy atom.